The van der Waals surface area contributed by atoms with Crippen LogP contribution >= 0.6 is 0 Å². The number of nitrogens with one attached hydrogen (secondary N) is 1. The third kappa shape index (κ3) is 4.70. The lowest BCUT2D eigenvalue weighted by molar-refractivity contribution is -0.0498. The number of benzene rings is 2. The fourth-order valence-electron chi connectivity index (χ4n) is 3.20. The van der Waals surface area contributed by atoms with Crippen LogP contribution in [0.3, 0.4) is 0 Å². The van der Waals surface area contributed by atoms with E-state index in [1.54, 1.807) is 0 Å². The second-order valence-electron chi connectivity index (χ2n) is 6.96. The van der Waals surface area contributed by atoms with Gasteiger partial charge in [0.2, 0.25) is 10.0 Å². The maximum absolute atomic E-state index is 12.8. The first-order valence-corrected chi connectivity index (χ1v) is 10.9. The van der Waals surface area contributed by atoms with Crippen molar-refractivity contribution in [3.05, 3.63) is 54.1 Å². The summed E-state index contributed by atoms with van der Waals surface area (Å²) in [6.45, 7) is 0.246. The van der Waals surface area contributed by atoms with Crippen molar-refractivity contribution in [1.29, 1.82) is 0 Å². The van der Waals surface area contributed by atoms with Crippen LogP contribution in [0.4, 0.5) is 14.5 Å². The predicted molar refractivity (Wildman–Crippen MR) is 109 cm³/mol. The van der Waals surface area contributed by atoms with Gasteiger partial charge in [-0.15, -0.1) is 0 Å². The van der Waals surface area contributed by atoms with Gasteiger partial charge in [0, 0.05) is 26.2 Å². The first-order chi connectivity index (χ1) is 14.8. The molecule has 31 heavy (non-hydrogen) atoms. The minimum absolute atomic E-state index is 0.0178. The Hall–Kier alpha value is -2.96. The molecule has 2 aliphatic heterocycles. The van der Waals surface area contributed by atoms with Gasteiger partial charge in [-0.2, -0.15) is 18.2 Å². The molecule has 12 heteroatoms. The number of sulfonamides is 1. The van der Waals surface area contributed by atoms with Crippen molar-refractivity contribution < 1.29 is 26.8 Å². The minimum atomic E-state index is -3.76. The largest absolute Gasteiger partial charge is 0.435 e. The maximum atomic E-state index is 12.8. The Morgan fingerprint density at radius 3 is 2.29 bits per heavy atom. The van der Waals surface area contributed by atoms with Gasteiger partial charge in [0.25, 0.3) is 0 Å². The van der Waals surface area contributed by atoms with E-state index in [9.17, 15) is 17.2 Å². The zero-order valence-corrected chi connectivity index (χ0v) is 17.4. The van der Waals surface area contributed by atoms with Crippen molar-refractivity contribution in [2.24, 2.45) is 5.10 Å². The standard InChI is InChI=1S/C19H21F2N5O4S/c1-14-2-4-15(5-3-14)26-22-19(30-23-26)24-10-12-25(13-11-24)31(27,28)17-8-6-16(7-9-17)29-18(20)21/h2-9,18,23H,10-13H2,1H3. The zero-order valence-electron chi connectivity index (χ0n) is 16.6. The van der Waals surface area contributed by atoms with Gasteiger partial charge in [0.1, 0.15) is 5.75 Å². The van der Waals surface area contributed by atoms with E-state index in [0.29, 0.717) is 19.1 Å². The zero-order chi connectivity index (χ0) is 22.0. The summed E-state index contributed by atoms with van der Waals surface area (Å²) in [5, 5.41) is 5.89. The summed E-state index contributed by atoms with van der Waals surface area (Å²) >= 11 is 0. The number of nitrogens with zero attached hydrogens (tertiary/aromatic N) is 4. The smallest absolute Gasteiger partial charge is 0.387 e. The van der Waals surface area contributed by atoms with Crippen molar-refractivity contribution >= 4 is 21.7 Å². The van der Waals surface area contributed by atoms with Gasteiger partial charge >= 0.3 is 12.6 Å². The number of ether oxygens (including phenoxy) is 1. The number of halogens is 2. The second-order valence-corrected chi connectivity index (χ2v) is 8.90. The lowest BCUT2D eigenvalue weighted by Crippen LogP contribution is -2.50. The van der Waals surface area contributed by atoms with E-state index in [1.165, 1.54) is 33.7 Å². The Bertz CT molecular complexity index is 1040. The van der Waals surface area contributed by atoms with Crippen molar-refractivity contribution in [3.63, 3.8) is 0 Å². The molecule has 0 bridgehead atoms. The van der Waals surface area contributed by atoms with Gasteiger partial charge in [0.15, 0.2) is 0 Å². The van der Waals surface area contributed by atoms with E-state index in [2.05, 4.69) is 15.4 Å². The van der Waals surface area contributed by atoms with Gasteiger partial charge < -0.3 is 14.5 Å². The molecule has 0 unspecified atom stereocenters. The average Bonchev–Trinajstić information content (AvgIpc) is 3.25. The van der Waals surface area contributed by atoms with Crippen LogP contribution in [0.25, 0.3) is 0 Å². The summed E-state index contributed by atoms with van der Waals surface area (Å²) < 4.78 is 55.8. The fraction of sp³-hybridized carbons (Fsp3) is 0.316. The van der Waals surface area contributed by atoms with E-state index < -0.39 is 16.6 Å². The molecule has 4 rings (SSSR count). The minimum Gasteiger partial charge on any atom is -0.435 e. The van der Waals surface area contributed by atoms with Gasteiger partial charge in [-0.1, -0.05) is 22.8 Å². The Kier molecular flexibility index (Phi) is 5.94. The van der Waals surface area contributed by atoms with Crippen LogP contribution in [0, 0.1) is 6.92 Å². The Morgan fingerprint density at radius 2 is 1.68 bits per heavy atom. The molecule has 0 aliphatic carbocycles. The summed E-state index contributed by atoms with van der Waals surface area (Å²) in [5.74, 6) is -0.0965. The van der Waals surface area contributed by atoms with Crippen molar-refractivity contribution in [1.82, 2.24) is 14.8 Å². The molecule has 1 saturated heterocycles. The number of piperazine rings is 1. The molecule has 0 amide bonds. The third-order valence-electron chi connectivity index (χ3n) is 4.88. The summed E-state index contributed by atoms with van der Waals surface area (Å²) in [5.41, 5.74) is 4.65. The molecule has 0 atom stereocenters. The molecule has 2 heterocycles. The molecule has 166 valence electrons. The van der Waals surface area contributed by atoms with Crippen LogP contribution < -0.4 is 15.4 Å². The third-order valence-corrected chi connectivity index (χ3v) is 6.80. The van der Waals surface area contributed by atoms with E-state index in [4.69, 9.17) is 4.84 Å². The lowest BCUT2D eigenvalue weighted by atomic mass is 10.2. The molecular weight excluding hydrogens is 432 g/mol. The van der Waals surface area contributed by atoms with Gasteiger partial charge in [0.05, 0.1) is 10.6 Å². The monoisotopic (exact) mass is 453 g/mol. The van der Waals surface area contributed by atoms with Gasteiger partial charge in [-0.25, -0.2) is 8.42 Å². The van der Waals surface area contributed by atoms with Crippen molar-refractivity contribution in [2.75, 3.05) is 31.3 Å². The summed E-state index contributed by atoms with van der Waals surface area (Å²) in [7, 11) is -3.76. The molecule has 9 nitrogen and oxygen atoms in total. The number of hydrogen-bond donors (Lipinski definition) is 1. The van der Waals surface area contributed by atoms with Crippen LogP contribution in [0.2, 0.25) is 0 Å². The highest BCUT2D eigenvalue weighted by molar-refractivity contribution is 7.89. The molecule has 1 fully saturated rings. The number of anilines is 1. The normalized spacial score (nSPS) is 17.6. The Balaban J connectivity index is 1.38. The molecular formula is C19H21F2N5O4S. The number of hydrazone groups is 1. The quantitative estimate of drug-likeness (QED) is 0.742. The molecule has 2 aromatic rings. The summed E-state index contributed by atoms with van der Waals surface area (Å²) in [4.78, 5) is 7.31. The predicted octanol–water partition coefficient (Wildman–Crippen LogP) is 2.13. The molecule has 0 radical (unpaired) electrons. The van der Waals surface area contributed by atoms with Crippen LogP contribution in [0.15, 0.2) is 58.5 Å². The highest BCUT2D eigenvalue weighted by Crippen LogP contribution is 2.23. The lowest BCUT2D eigenvalue weighted by Gasteiger charge is -2.33. The van der Waals surface area contributed by atoms with E-state index in [-0.39, 0.29) is 23.7 Å². The molecule has 2 aromatic carbocycles. The van der Waals surface area contributed by atoms with Crippen LogP contribution in [0.5, 0.6) is 5.75 Å². The number of amidine groups is 1. The first kappa shape index (κ1) is 21.3. The molecule has 1 N–H and O–H groups in total. The molecule has 0 spiro atoms. The molecule has 0 saturated carbocycles. The molecule has 0 aromatic heterocycles. The van der Waals surface area contributed by atoms with E-state index in [0.717, 1.165) is 11.3 Å². The van der Waals surface area contributed by atoms with Gasteiger partial charge in [-0.3, -0.25) is 0 Å². The average molecular weight is 453 g/mol. The summed E-state index contributed by atoms with van der Waals surface area (Å²) in [6, 6.07) is 13.0. The second kappa shape index (κ2) is 8.65. The number of rotatable bonds is 5. The highest BCUT2D eigenvalue weighted by Gasteiger charge is 2.32. The number of aryl methyl sites for hydroxylation is 1. The first-order valence-electron chi connectivity index (χ1n) is 9.51. The van der Waals surface area contributed by atoms with E-state index in [1.807, 2.05) is 36.1 Å². The van der Waals surface area contributed by atoms with Crippen LogP contribution in [-0.4, -0.2) is 56.4 Å². The molecule has 2 aliphatic rings. The van der Waals surface area contributed by atoms with Crippen molar-refractivity contribution in [2.45, 2.75) is 18.4 Å². The highest BCUT2D eigenvalue weighted by atomic mass is 32.2. The topological polar surface area (TPSA) is 86.7 Å². The number of alkyl halides is 2. The van der Waals surface area contributed by atoms with Crippen molar-refractivity contribution in [3.8, 4) is 5.75 Å². The number of hydrogen-bond acceptors (Lipinski definition) is 8. The Labute approximate surface area is 178 Å². The SMILES string of the molecule is Cc1ccc(N2N=C(N3CCN(S(=O)(=O)c4ccc(OC(F)F)cc4)CC3)ON2)cc1. The number of hydrazine groups is 1. The van der Waals surface area contributed by atoms with E-state index >= 15 is 0 Å². The summed E-state index contributed by atoms with van der Waals surface area (Å²) in [6.07, 6.45) is 0. The van der Waals surface area contributed by atoms with Crippen LogP contribution in [-0.2, 0) is 14.9 Å². The van der Waals surface area contributed by atoms with Gasteiger partial charge in [-0.05, 0) is 48.9 Å². The Morgan fingerprint density at radius 1 is 1.03 bits per heavy atom. The maximum Gasteiger partial charge on any atom is 0.387 e. The fourth-order valence-corrected chi connectivity index (χ4v) is 4.62. The van der Waals surface area contributed by atoms with Crippen LogP contribution in [0.1, 0.15) is 5.56 Å².